The summed E-state index contributed by atoms with van der Waals surface area (Å²) in [6.07, 6.45) is 6.37. The molecule has 3 heteroatoms. The Morgan fingerprint density at radius 3 is 2.67 bits per heavy atom. The highest BCUT2D eigenvalue weighted by molar-refractivity contribution is 6.00. The zero-order valence-electron chi connectivity index (χ0n) is 16.0. The molecule has 0 saturated carbocycles. The van der Waals surface area contributed by atoms with Gasteiger partial charge in [-0.2, -0.15) is 0 Å². The van der Waals surface area contributed by atoms with E-state index in [1.165, 1.54) is 5.57 Å². The van der Waals surface area contributed by atoms with Crippen LogP contribution in [0, 0.1) is 16.7 Å². The second-order valence-electron chi connectivity index (χ2n) is 8.19. The highest BCUT2D eigenvalue weighted by Gasteiger charge is 2.51. The quantitative estimate of drug-likeness (QED) is 0.700. The van der Waals surface area contributed by atoms with Crippen molar-refractivity contribution in [2.24, 2.45) is 16.7 Å². The van der Waals surface area contributed by atoms with E-state index in [2.05, 4.69) is 20.4 Å². The van der Waals surface area contributed by atoms with Gasteiger partial charge in [-0.3, -0.25) is 4.79 Å². The highest BCUT2D eigenvalue weighted by Crippen LogP contribution is 2.54. The van der Waals surface area contributed by atoms with Gasteiger partial charge in [-0.05, 0) is 38.0 Å². The Bertz CT molecular complexity index is 535. The summed E-state index contributed by atoms with van der Waals surface area (Å²) >= 11 is 0. The minimum atomic E-state index is -0.456. The van der Waals surface area contributed by atoms with Gasteiger partial charge in [0.15, 0.2) is 5.78 Å². The largest absolute Gasteiger partial charge is 0.392 e. The van der Waals surface area contributed by atoms with Crippen LogP contribution >= 0.6 is 0 Å². The Morgan fingerprint density at radius 2 is 2.12 bits per heavy atom. The van der Waals surface area contributed by atoms with Crippen LogP contribution in [-0.4, -0.2) is 30.2 Å². The molecule has 0 radical (unpaired) electrons. The van der Waals surface area contributed by atoms with Crippen LogP contribution in [0.25, 0.3) is 0 Å². The van der Waals surface area contributed by atoms with Crippen molar-refractivity contribution in [1.82, 2.24) is 0 Å². The number of hydrogen-bond acceptors (Lipinski definition) is 3. The van der Waals surface area contributed by atoms with Gasteiger partial charge in [0.1, 0.15) is 0 Å². The van der Waals surface area contributed by atoms with E-state index in [1.807, 2.05) is 19.9 Å². The molecule has 136 valence electrons. The predicted octanol–water partition coefficient (Wildman–Crippen LogP) is 4.45. The van der Waals surface area contributed by atoms with E-state index in [4.69, 9.17) is 4.74 Å². The van der Waals surface area contributed by atoms with E-state index in [0.29, 0.717) is 31.0 Å². The summed E-state index contributed by atoms with van der Waals surface area (Å²) in [7, 11) is 1.73. The minimum Gasteiger partial charge on any atom is -0.392 e. The van der Waals surface area contributed by atoms with Crippen molar-refractivity contribution >= 4 is 5.78 Å². The van der Waals surface area contributed by atoms with E-state index < -0.39 is 11.5 Å². The Labute approximate surface area is 147 Å². The van der Waals surface area contributed by atoms with Crippen molar-refractivity contribution in [2.45, 2.75) is 78.4 Å². The van der Waals surface area contributed by atoms with Crippen molar-refractivity contribution < 1.29 is 14.6 Å². The Kier molecular flexibility index (Phi) is 5.76. The van der Waals surface area contributed by atoms with Crippen molar-refractivity contribution in [3.8, 4) is 0 Å². The first kappa shape index (κ1) is 19.4. The first-order valence-corrected chi connectivity index (χ1v) is 9.34. The number of methoxy groups -OCH3 is 1. The van der Waals surface area contributed by atoms with Crippen LogP contribution in [0.3, 0.4) is 0 Å². The lowest BCUT2D eigenvalue weighted by atomic mass is 9.59. The molecule has 0 aliphatic heterocycles. The van der Waals surface area contributed by atoms with Crippen molar-refractivity contribution in [2.75, 3.05) is 7.11 Å². The van der Waals surface area contributed by atoms with Gasteiger partial charge < -0.3 is 9.84 Å². The van der Waals surface area contributed by atoms with E-state index in [0.717, 1.165) is 24.8 Å². The van der Waals surface area contributed by atoms with E-state index in [9.17, 15) is 9.90 Å². The molecule has 2 rings (SSSR count). The van der Waals surface area contributed by atoms with Crippen LogP contribution in [0.4, 0.5) is 0 Å². The van der Waals surface area contributed by atoms with Gasteiger partial charge in [0, 0.05) is 29.9 Å². The van der Waals surface area contributed by atoms with Crippen LogP contribution in [0.15, 0.2) is 23.8 Å². The summed E-state index contributed by atoms with van der Waals surface area (Å²) in [4.78, 5) is 12.6. The lowest BCUT2D eigenvalue weighted by Crippen LogP contribution is -2.48. The van der Waals surface area contributed by atoms with Gasteiger partial charge in [-0.25, -0.2) is 0 Å². The maximum absolute atomic E-state index is 12.6. The van der Waals surface area contributed by atoms with E-state index in [-0.39, 0.29) is 11.5 Å². The first-order valence-electron chi connectivity index (χ1n) is 9.34. The molecule has 0 heterocycles. The zero-order valence-corrected chi connectivity index (χ0v) is 16.0. The Balaban J connectivity index is 2.42. The second-order valence-corrected chi connectivity index (χ2v) is 8.19. The number of Topliss-reactive ketones (excluding diaryl/α,β-unsaturated/α-hetero) is 1. The molecule has 0 amide bonds. The zero-order chi connectivity index (χ0) is 18.1. The molecule has 0 aromatic carbocycles. The molecular weight excluding hydrogens is 300 g/mol. The van der Waals surface area contributed by atoms with Gasteiger partial charge in [0.25, 0.3) is 0 Å². The second kappa shape index (κ2) is 7.13. The maximum Gasteiger partial charge on any atom is 0.159 e. The number of carbonyl (C=O) groups is 1. The van der Waals surface area contributed by atoms with Crippen LogP contribution in [0.2, 0.25) is 0 Å². The number of allylic oxidation sites excluding steroid dienone is 1. The molecule has 0 aromatic rings. The third kappa shape index (κ3) is 3.01. The van der Waals surface area contributed by atoms with Crippen molar-refractivity contribution in [1.29, 1.82) is 0 Å². The molecular formula is C21H34O3. The molecule has 24 heavy (non-hydrogen) atoms. The minimum absolute atomic E-state index is 0.107. The third-order valence-corrected chi connectivity index (χ3v) is 6.92. The molecule has 0 aromatic heterocycles. The highest BCUT2D eigenvalue weighted by atomic mass is 16.5. The lowest BCUT2D eigenvalue weighted by Gasteiger charge is -2.48. The summed E-state index contributed by atoms with van der Waals surface area (Å²) in [6, 6.07) is 0. The van der Waals surface area contributed by atoms with Crippen LogP contribution in [-0.2, 0) is 9.53 Å². The molecule has 5 atom stereocenters. The van der Waals surface area contributed by atoms with Crippen molar-refractivity contribution in [3.63, 3.8) is 0 Å². The molecule has 0 bridgehead atoms. The van der Waals surface area contributed by atoms with Gasteiger partial charge in [0.05, 0.1) is 12.2 Å². The normalized spacial score (nSPS) is 32.2. The molecule has 0 fully saturated rings. The average molecular weight is 334 g/mol. The van der Waals surface area contributed by atoms with E-state index >= 15 is 0 Å². The number of aliphatic hydroxyl groups is 1. The van der Waals surface area contributed by atoms with Crippen LogP contribution in [0.5, 0.6) is 0 Å². The first-order chi connectivity index (χ1) is 11.2. The number of carbonyl (C=O) groups excluding carboxylic acids is 1. The lowest BCUT2D eigenvalue weighted by molar-refractivity contribution is -0.119. The number of ether oxygens (including phenoxy) is 1. The summed E-state index contributed by atoms with van der Waals surface area (Å²) in [5.41, 5.74) is 1.68. The summed E-state index contributed by atoms with van der Waals surface area (Å²) < 4.78 is 5.97. The fourth-order valence-corrected chi connectivity index (χ4v) is 4.82. The Hall–Kier alpha value is -0.930. The van der Waals surface area contributed by atoms with Gasteiger partial charge >= 0.3 is 0 Å². The molecule has 0 saturated heterocycles. The molecule has 2 aliphatic carbocycles. The standard InChI is InChI=1S/C21H34O3/c1-7-17(23)20(4,8-2)13-18(24-6)21(5)14(3)9-10-15-11-12-16(22)19(15)21/h8,14,17-18,23H,2,7,9-13H2,1,3-6H3/t14?,17?,18-,20-,21?/m1/s1. The molecule has 3 nitrogen and oxygen atoms in total. The van der Waals surface area contributed by atoms with Gasteiger partial charge in [-0.1, -0.05) is 39.3 Å². The summed E-state index contributed by atoms with van der Waals surface area (Å²) in [5, 5.41) is 10.5. The van der Waals surface area contributed by atoms with Crippen LogP contribution in [0.1, 0.15) is 66.2 Å². The molecule has 3 unspecified atom stereocenters. The maximum atomic E-state index is 12.6. The predicted molar refractivity (Wildman–Crippen MR) is 97.8 cm³/mol. The SMILES string of the molecule is C=C[C@](C)(C[C@@H](OC)C1(C)C2=C(CCC2=O)CCC1C)C(O)CC. The molecule has 2 aliphatic rings. The summed E-state index contributed by atoms with van der Waals surface area (Å²) in [5.74, 6) is 0.688. The van der Waals surface area contributed by atoms with E-state index in [1.54, 1.807) is 7.11 Å². The van der Waals surface area contributed by atoms with Crippen molar-refractivity contribution in [3.05, 3.63) is 23.8 Å². The van der Waals surface area contributed by atoms with Gasteiger partial charge in [-0.15, -0.1) is 6.58 Å². The molecule has 0 spiro atoms. The topological polar surface area (TPSA) is 46.5 Å². The smallest absolute Gasteiger partial charge is 0.159 e. The number of hydrogen-bond donors (Lipinski definition) is 1. The number of aliphatic hydroxyl groups excluding tert-OH is 1. The number of ketones is 1. The van der Waals surface area contributed by atoms with Crippen LogP contribution < -0.4 is 0 Å². The fraction of sp³-hybridized carbons (Fsp3) is 0.762. The monoisotopic (exact) mass is 334 g/mol. The molecule has 1 N–H and O–H groups in total. The average Bonchev–Trinajstić information content (AvgIpc) is 2.97. The Morgan fingerprint density at radius 1 is 1.46 bits per heavy atom. The fourth-order valence-electron chi connectivity index (χ4n) is 4.82. The summed E-state index contributed by atoms with van der Waals surface area (Å²) in [6.45, 7) is 12.4. The van der Waals surface area contributed by atoms with Gasteiger partial charge in [0.2, 0.25) is 0 Å². The number of rotatable bonds is 7. The third-order valence-electron chi connectivity index (χ3n) is 6.92.